The zero-order chi connectivity index (χ0) is 14.1. The number of oxazole rings is 1. The van der Waals surface area contributed by atoms with Gasteiger partial charge in [-0.3, -0.25) is 4.90 Å². The summed E-state index contributed by atoms with van der Waals surface area (Å²) in [6, 6.07) is 10.7. The Bertz CT molecular complexity index is 569. The molecule has 1 fully saturated rings. The van der Waals surface area contributed by atoms with Crippen molar-refractivity contribution in [1.29, 1.82) is 0 Å². The molecule has 1 saturated heterocycles. The van der Waals surface area contributed by atoms with Crippen molar-refractivity contribution in [3.8, 4) is 0 Å². The fourth-order valence-electron chi connectivity index (χ4n) is 2.89. The van der Waals surface area contributed by atoms with Gasteiger partial charge < -0.3 is 10.2 Å². The Kier molecular flexibility index (Phi) is 6.88. The molecule has 0 radical (unpaired) electrons. The van der Waals surface area contributed by atoms with E-state index in [1.54, 1.807) is 0 Å². The zero-order valence-electron chi connectivity index (χ0n) is 12.9. The molecule has 2 heterocycles. The van der Waals surface area contributed by atoms with Gasteiger partial charge in [0.05, 0.1) is 12.2 Å². The Morgan fingerprint density at radius 2 is 1.86 bits per heavy atom. The van der Waals surface area contributed by atoms with Crippen molar-refractivity contribution in [2.45, 2.75) is 32.4 Å². The maximum absolute atomic E-state index is 6.30. The van der Waals surface area contributed by atoms with Crippen molar-refractivity contribution >= 4 is 24.8 Å². The summed E-state index contributed by atoms with van der Waals surface area (Å²) >= 11 is 0. The topological polar surface area (TPSA) is 55.3 Å². The van der Waals surface area contributed by atoms with Crippen molar-refractivity contribution in [1.82, 2.24) is 9.88 Å². The third-order valence-electron chi connectivity index (χ3n) is 4.10. The van der Waals surface area contributed by atoms with Crippen LogP contribution >= 0.6 is 24.8 Å². The summed E-state index contributed by atoms with van der Waals surface area (Å²) < 4.78 is 5.66. The van der Waals surface area contributed by atoms with Crippen molar-refractivity contribution in [2.75, 3.05) is 13.1 Å². The summed E-state index contributed by atoms with van der Waals surface area (Å²) in [6.45, 7) is 6.52. The number of hydrogen-bond acceptors (Lipinski definition) is 4. The minimum Gasteiger partial charge on any atom is -0.444 e. The molecule has 122 valence electrons. The van der Waals surface area contributed by atoms with E-state index in [0.717, 1.165) is 37.0 Å². The predicted octanol–water partition coefficient (Wildman–Crippen LogP) is 3.06. The maximum Gasteiger partial charge on any atom is 0.208 e. The number of nitrogens with zero attached hydrogens (tertiary/aromatic N) is 2. The Hall–Kier alpha value is -1.07. The predicted molar refractivity (Wildman–Crippen MR) is 92.9 cm³/mol. The summed E-state index contributed by atoms with van der Waals surface area (Å²) in [4.78, 5) is 6.77. The second-order valence-corrected chi connectivity index (χ2v) is 5.62. The lowest BCUT2D eigenvalue weighted by molar-refractivity contribution is 0.282. The van der Waals surface area contributed by atoms with E-state index in [-0.39, 0.29) is 30.9 Å². The average molecular weight is 344 g/mol. The molecule has 0 amide bonds. The first kappa shape index (κ1) is 19.0. The summed E-state index contributed by atoms with van der Waals surface area (Å²) in [6.07, 6.45) is 0. The number of halogens is 2. The van der Waals surface area contributed by atoms with E-state index in [2.05, 4.69) is 34.1 Å². The maximum atomic E-state index is 6.30. The standard InChI is InChI=1S/C16H21N3O.2ClH/c1-11-12(2)20-16(18-11)10-19-8-14(15(17)9-19)13-6-4-3-5-7-13;;/h3-7,14-15H,8-10,17H2,1-2H3;2*1H/t14-,15+;;/m0../s1. The highest BCUT2D eigenvalue weighted by atomic mass is 35.5. The minimum absolute atomic E-state index is 0. The molecule has 2 N–H and O–H groups in total. The molecule has 0 unspecified atom stereocenters. The van der Waals surface area contributed by atoms with E-state index >= 15 is 0 Å². The van der Waals surface area contributed by atoms with Crippen LogP contribution in [0.5, 0.6) is 0 Å². The molecule has 4 nitrogen and oxygen atoms in total. The normalized spacial score (nSPS) is 21.2. The summed E-state index contributed by atoms with van der Waals surface area (Å²) in [5.74, 6) is 2.09. The Labute approximate surface area is 143 Å². The highest BCUT2D eigenvalue weighted by molar-refractivity contribution is 5.85. The lowest BCUT2D eigenvalue weighted by atomic mass is 9.95. The minimum atomic E-state index is 0. The van der Waals surface area contributed by atoms with Crippen LogP contribution in [0.3, 0.4) is 0 Å². The van der Waals surface area contributed by atoms with Crippen LogP contribution in [0.25, 0.3) is 0 Å². The van der Waals surface area contributed by atoms with Gasteiger partial charge in [0.25, 0.3) is 0 Å². The first-order chi connectivity index (χ1) is 9.63. The van der Waals surface area contributed by atoms with Gasteiger partial charge >= 0.3 is 0 Å². The molecule has 0 saturated carbocycles. The van der Waals surface area contributed by atoms with Crippen LogP contribution in [0.2, 0.25) is 0 Å². The number of benzene rings is 1. The molecule has 0 bridgehead atoms. The number of hydrogen-bond donors (Lipinski definition) is 1. The van der Waals surface area contributed by atoms with Crippen LogP contribution in [-0.4, -0.2) is 29.0 Å². The molecule has 3 rings (SSSR count). The number of likely N-dealkylation sites (tertiary alicyclic amines) is 1. The number of aromatic nitrogens is 1. The van der Waals surface area contributed by atoms with Crippen LogP contribution in [0.1, 0.15) is 28.8 Å². The molecule has 1 aromatic carbocycles. The fourth-order valence-corrected chi connectivity index (χ4v) is 2.89. The third-order valence-corrected chi connectivity index (χ3v) is 4.10. The second kappa shape index (κ2) is 7.97. The van der Waals surface area contributed by atoms with Crippen molar-refractivity contribution in [3.63, 3.8) is 0 Å². The molecule has 6 heteroatoms. The molecule has 0 aliphatic carbocycles. The van der Waals surface area contributed by atoms with Crippen LogP contribution < -0.4 is 5.73 Å². The van der Waals surface area contributed by atoms with Gasteiger partial charge in [-0.05, 0) is 19.4 Å². The molecule has 1 aromatic heterocycles. The SMILES string of the molecule is Cc1nc(CN2C[C@@H](N)[C@H](c3ccccc3)C2)oc1C.Cl.Cl. The van der Waals surface area contributed by atoms with Crippen molar-refractivity contribution in [3.05, 3.63) is 53.2 Å². The van der Waals surface area contributed by atoms with E-state index in [9.17, 15) is 0 Å². The Balaban J connectivity index is 0.00000121. The van der Waals surface area contributed by atoms with Crippen molar-refractivity contribution < 1.29 is 4.42 Å². The number of aryl methyl sites for hydroxylation is 2. The first-order valence-corrected chi connectivity index (χ1v) is 7.09. The van der Waals surface area contributed by atoms with E-state index < -0.39 is 0 Å². The third kappa shape index (κ3) is 4.02. The average Bonchev–Trinajstić information content (AvgIpc) is 2.94. The van der Waals surface area contributed by atoms with Crippen molar-refractivity contribution in [2.24, 2.45) is 5.73 Å². The Morgan fingerprint density at radius 1 is 1.18 bits per heavy atom. The zero-order valence-corrected chi connectivity index (χ0v) is 14.5. The molecular weight excluding hydrogens is 321 g/mol. The van der Waals surface area contributed by atoms with Crippen LogP contribution in [0, 0.1) is 13.8 Å². The molecule has 2 aromatic rings. The molecule has 1 aliphatic rings. The number of nitrogens with two attached hydrogens (primary N) is 1. The van der Waals surface area contributed by atoms with E-state index in [4.69, 9.17) is 10.2 Å². The quantitative estimate of drug-likeness (QED) is 0.930. The van der Waals surface area contributed by atoms with Gasteiger partial charge in [0.2, 0.25) is 5.89 Å². The molecular formula is C16H23Cl2N3O. The molecule has 0 spiro atoms. The van der Waals surface area contributed by atoms with Crippen LogP contribution in [-0.2, 0) is 6.54 Å². The van der Waals surface area contributed by atoms with Gasteiger partial charge in [-0.2, -0.15) is 0 Å². The molecule has 22 heavy (non-hydrogen) atoms. The summed E-state index contributed by atoms with van der Waals surface area (Å²) in [5.41, 5.74) is 8.59. The monoisotopic (exact) mass is 343 g/mol. The van der Waals surface area contributed by atoms with Gasteiger partial charge in [-0.15, -0.1) is 24.8 Å². The Morgan fingerprint density at radius 3 is 2.45 bits per heavy atom. The van der Waals surface area contributed by atoms with Gasteiger partial charge in [-0.1, -0.05) is 30.3 Å². The molecule has 1 aliphatic heterocycles. The van der Waals surface area contributed by atoms with Crippen LogP contribution in [0.4, 0.5) is 0 Å². The first-order valence-electron chi connectivity index (χ1n) is 7.09. The fraction of sp³-hybridized carbons (Fsp3) is 0.438. The highest BCUT2D eigenvalue weighted by Gasteiger charge is 2.31. The van der Waals surface area contributed by atoms with Gasteiger partial charge in [-0.25, -0.2) is 4.98 Å². The van der Waals surface area contributed by atoms with Gasteiger partial charge in [0.15, 0.2) is 0 Å². The number of rotatable bonds is 3. The van der Waals surface area contributed by atoms with E-state index in [1.807, 2.05) is 19.9 Å². The smallest absolute Gasteiger partial charge is 0.208 e. The van der Waals surface area contributed by atoms with Gasteiger partial charge in [0.1, 0.15) is 5.76 Å². The van der Waals surface area contributed by atoms with Crippen LogP contribution in [0.15, 0.2) is 34.7 Å². The van der Waals surface area contributed by atoms with Gasteiger partial charge in [0, 0.05) is 25.0 Å². The molecule has 2 atom stereocenters. The summed E-state index contributed by atoms with van der Waals surface area (Å²) in [5, 5.41) is 0. The highest BCUT2D eigenvalue weighted by Crippen LogP contribution is 2.27. The largest absolute Gasteiger partial charge is 0.444 e. The lowest BCUT2D eigenvalue weighted by Gasteiger charge is -2.14. The van der Waals surface area contributed by atoms with E-state index in [0.29, 0.717) is 5.92 Å². The second-order valence-electron chi connectivity index (χ2n) is 5.62. The van der Waals surface area contributed by atoms with E-state index in [1.165, 1.54) is 5.56 Å². The summed E-state index contributed by atoms with van der Waals surface area (Å²) in [7, 11) is 0. The lowest BCUT2D eigenvalue weighted by Crippen LogP contribution is -2.28.